The summed E-state index contributed by atoms with van der Waals surface area (Å²) in [5.41, 5.74) is 5.51. The van der Waals surface area contributed by atoms with Crippen molar-refractivity contribution in [1.82, 2.24) is 4.98 Å². The molecule has 5 aromatic rings. The number of aromatic nitrogens is 1. The van der Waals surface area contributed by atoms with Crippen molar-refractivity contribution in [3.63, 3.8) is 0 Å². The number of anilines is 1. The summed E-state index contributed by atoms with van der Waals surface area (Å²) in [7, 11) is 0. The van der Waals surface area contributed by atoms with Gasteiger partial charge in [-0.25, -0.2) is 4.98 Å². The lowest BCUT2D eigenvalue weighted by Crippen LogP contribution is -2.11. The number of nitrogens with one attached hydrogen (secondary N) is 1. The number of hydrogen-bond acceptors (Lipinski definition) is 4. The molecule has 1 amide bonds. The van der Waals surface area contributed by atoms with E-state index in [1.807, 2.05) is 49.4 Å². The zero-order valence-electron chi connectivity index (χ0n) is 18.4. The molecule has 1 heterocycles. The Bertz CT molecular complexity index is 1460. The first-order chi connectivity index (χ1) is 16.6. The van der Waals surface area contributed by atoms with Gasteiger partial charge in [0.05, 0.1) is 11.6 Å². The minimum Gasteiger partial charge on any atom is -0.492 e. The van der Waals surface area contributed by atoms with E-state index in [1.165, 1.54) is 0 Å². The van der Waals surface area contributed by atoms with Gasteiger partial charge >= 0.3 is 0 Å². The van der Waals surface area contributed by atoms with E-state index in [0.717, 1.165) is 16.7 Å². The fourth-order valence-electron chi connectivity index (χ4n) is 3.68. The molecule has 5 nitrogen and oxygen atoms in total. The van der Waals surface area contributed by atoms with Crippen LogP contribution in [-0.4, -0.2) is 17.5 Å². The second-order valence-corrected chi connectivity index (χ2v) is 8.08. The van der Waals surface area contributed by atoms with E-state index in [9.17, 15) is 4.79 Å². The first-order valence-corrected chi connectivity index (χ1v) is 11.3. The van der Waals surface area contributed by atoms with E-state index < -0.39 is 0 Å². The second-order valence-electron chi connectivity index (χ2n) is 7.68. The molecule has 0 atom stereocenters. The van der Waals surface area contributed by atoms with Gasteiger partial charge in [-0.1, -0.05) is 54.1 Å². The predicted octanol–water partition coefficient (Wildman–Crippen LogP) is 7.47. The molecule has 168 valence electrons. The molecule has 34 heavy (non-hydrogen) atoms. The minimum atomic E-state index is -0.274. The molecular formula is C28H21ClN2O3. The van der Waals surface area contributed by atoms with Crippen molar-refractivity contribution in [2.75, 3.05) is 11.9 Å². The summed E-state index contributed by atoms with van der Waals surface area (Å²) in [5.74, 6) is 0.801. The van der Waals surface area contributed by atoms with Gasteiger partial charge in [-0.05, 0) is 66.6 Å². The second kappa shape index (κ2) is 9.41. The summed E-state index contributed by atoms with van der Waals surface area (Å²) in [5, 5.41) is 3.28. The summed E-state index contributed by atoms with van der Waals surface area (Å²) in [6.07, 6.45) is 0. The maximum Gasteiger partial charge on any atom is 0.255 e. The van der Waals surface area contributed by atoms with Crippen molar-refractivity contribution in [3.8, 4) is 28.3 Å². The van der Waals surface area contributed by atoms with Gasteiger partial charge in [0, 0.05) is 16.8 Å². The van der Waals surface area contributed by atoms with Crippen LogP contribution in [0.1, 0.15) is 17.3 Å². The van der Waals surface area contributed by atoms with Gasteiger partial charge in [-0.2, -0.15) is 0 Å². The number of hydrogen-bond donors (Lipinski definition) is 1. The maximum absolute atomic E-state index is 12.7. The highest BCUT2D eigenvalue weighted by Gasteiger charge is 2.13. The van der Waals surface area contributed by atoms with Crippen molar-refractivity contribution in [2.24, 2.45) is 0 Å². The average Bonchev–Trinajstić information content (AvgIpc) is 3.29. The average molecular weight is 469 g/mol. The number of amides is 1. The summed E-state index contributed by atoms with van der Waals surface area (Å²) in [6, 6.07) is 28.6. The minimum absolute atomic E-state index is 0.274. The van der Waals surface area contributed by atoms with Crippen LogP contribution in [0.15, 0.2) is 95.4 Å². The quantitative estimate of drug-likeness (QED) is 0.281. The molecule has 0 aliphatic carbocycles. The molecule has 0 radical (unpaired) electrons. The highest BCUT2D eigenvalue weighted by atomic mass is 35.5. The molecule has 0 aliphatic rings. The molecule has 1 aromatic heterocycles. The van der Waals surface area contributed by atoms with E-state index in [1.54, 1.807) is 36.4 Å². The summed E-state index contributed by atoms with van der Waals surface area (Å²) in [6.45, 7) is 2.38. The Morgan fingerprint density at radius 3 is 2.38 bits per heavy atom. The Labute approximate surface area is 202 Å². The number of rotatable bonds is 6. The number of oxazole rings is 1. The van der Waals surface area contributed by atoms with Crippen LogP contribution in [0.5, 0.6) is 5.75 Å². The van der Waals surface area contributed by atoms with E-state index >= 15 is 0 Å². The number of halogens is 1. The molecule has 0 bridgehead atoms. The van der Waals surface area contributed by atoms with Crippen molar-refractivity contribution >= 4 is 34.3 Å². The molecule has 1 N–H and O–H groups in total. The number of fused-ring (bicyclic) bond motifs is 1. The Morgan fingerprint density at radius 2 is 1.65 bits per heavy atom. The fourth-order valence-corrected chi connectivity index (χ4v) is 3.92. The Balaban J connectivity index is 1.35. The molecule has 0 aliphatic heterocycles. The lowest BCUT2D eigenvalue weighted by atomic mass is 10.0. The molecular weight excluding hydrogens is 448 g/mol. The van der Waals surface area contributed by atoms with Crippen LogP contribution in [0.2, 0.25) is 5.02 Å². The SMILES string of the molecule is CCOc1ccc(C(=O)Nc2ccc3oc(-c4ccc(-c5ccccc5)cc4)nc3c2)cc1Cl. The highest BCUT2D eigenvalue weighted by molar-refractivity contribution is 6.32. The summed E-state index contributed by atoms with van der Waals surface area (Å²) < 4.78 is 11.4. The fraction of sp³-hybridized carbons (Fsp3) is 0.0714. The normalized spacial score (nSPS) is 10.9. The summed E-state index contributed by atoms with van der Waals surface area (Å²) >= 11 is 6.21. The van der Waals surface area contributed by atoms with Gasteiger partial charge in [-0.3, -0.25) is 4.79 Å². The lowest BCUT2D eigenvalue weighted by molar-refractivity contribution is 0.102. The Kier molecular flexibility index (Phi) is 6.02. The van der Waals surface area contributed by atoms with Crippen LogP contribution < -0.4 is 10.1 Å². The van der Waals surface area contributed by atoms with Crippen molar-refractivity contribution in [3.05, 3.63) is 102 Å². The molecule has 0 unspecified atom stereocenters. The van der Waals surface area contributed by atoms with Gasteiger partial charge in [0.25, 0.3) is 5.91 Å². The third kappa shape index (κ3) is 4.51. The third-order valence-electron chi connectivity index (χ3n) is 5.38. The van der Waals surface area contributed by atoms with Crippen LogP contribution >= 0.6 is 11.6 Å². The number of nitrogens with zero attached hydrogens (tertiary/aromatic N) is 1. The first kappa shape index (κ1) is 21.7. The zero-order valence-corrected chi connectivity index (χ0v) is 19.2. The van der Waals surface area contributed by atoms with Crippen molar-refractivity contribution in [2.45, 2.75) is 6.92 Å². The topological polar surface area (TPSA) is 64.4 Å². The van der Waals surface area contributed by atoms with E-state index in [0.29, 0.717) is 45.6 Å². The standard InChI is InChI=1S/C28H21ClN2O3/c1-2-33-25-14-12-21(16-23(25)29)27(32)30-22-13-15-26-24(17-22)31-28(34-26)20-10-8-19(9-11-20)18-6-4-3-5-7-18/h3-17H,2H2,1H3,(H,30,32). The van der Waals surface area contributed by atoms with Gasteiger partial charge in [-0.15, -0.1) is 0 Å². The molecule has 0 saturated carbocycles. The van der Waals surface area contributed by atoms with Gasteiger partial charge in [0.2, 0.25) is 5.89 Å². The van der Waals surface area contributed by atoms with Gasteiger partial charge < -0.3 is 14.5 Å². The van der Waals surface area contributed by atoms with Crippen LogP contribution in [0.4, 0.5) is 5.69 Å². The maximum atomic E-state index is 12.7. The first-order valence-electron chi connectivity index (χ1n) is 10.9. The van der Waals surface area contributed by atoms with E-state index in [-0.39, 0.29) is 5.91 Å². The van der Waals surface area contributed by atoms with Crippen LogP contribution in [0.25, 0.3) is 33.7 Å². The molecule has 6 heteroatoms. The Hall–Kier alpha value is -4.09. The summed E-state index contributed by atoms with van der Waals surface area (Å²) in [4.78, 5) is 17.3. The smallest absolute Gasteiger partial charge is 0.255 e. The third-order valence-corrected chi connectivity index (χ3v) is 5.67. The number of benzene rings is 4. The largest absolute Gasteiger partial charge is 0.492 e. The molecule has 0 saturated heterocycles. The molecule has 4 aromatic carbocycles. The number of carbonyl (C=O) groups excluding carboxylic acids is 1. The lowest BCUT2D eigenvalue weighted by Gasteiger charge is -2.08. The Morgan fingerprint density at radius 1 is 0.912 bits per heavy atom. The highest BCUT2D eigenvalue weighted by Crippen LogP contribution is 2.29. The predicted molar refractivity (Wildman–Crippen MR) is 135 cm³/mol. The van der Waals surface area contributed by atoms with Crippen molar-refractivity contribution < 1.29 is 13.9 Å². The van der Waals surface area contributed by atoms with Crippen molar-refractivity contribution in [1.29, 1.82) is 0 Å². The van der Waals surface area contributed by atoms with Crippen LogP contribution in [0.3, 0.4) is 0 Å². The zero-order chi connectivity index (χ0) is 23.5. The van der Waals surface area contributed by atoms with E-state index in [4.69, 9.17) is 20.8 Å². The monoisotopic (exact) mass is 468 g/mol. The number of carbonyl (C=O) groups is 1. The van der Waals surface area contributed by atoms with Gasteiger partial charge in [0.15, 0.2) is 5.58 Å². The molecule has 0 fully saturated rings. The van der Waals surface area contributed by atoms with E-state index in [2.05, 4.69) is 22.4 Å². The van der Waals surface area contributed by atoms with Gasteiger partial charge in [0.1, 0.15) is 11.3 Å². The number of ether oxygens (including phenoxy) is 1. The molecule has 0 spiro atoms. The van der Waals surface area contributed by atoms with Crippen LogP contribution in [-0.2, 0) is 0 Å². The molecule has 5 rings (SSSR count). The van der Waals surface area contributed by atoms with Crippen LogP contribution in [0, 0.1) is 0 Å².